The first-order valence-corrected chi connectivity index (χ1v) is 7.29. The fraction of sp³-hybridized carbons (Fsp3) is 0.571. The number of rotatable bonds is 6. The van der Waals surface area contributed by atoms with Gasteiger partial charge in [-0.05, 0) is 67.9 Å². The molecule has 0 bridgehead atoms. The number of hydrogen-bond acceptors (Lipinski definition) is 3. The van der Waals surface area contributed by atoms with E-state index in [4.69, 9.17) is 4.74 Å². The molecule has 0 aliphatic heterocycles. The van der Waals surface area contributed by atoms with Crippen LogP contribution in [0.3, 0.4) is 0 Å². The van der Waals surface area contributed by atoms with Gasteiger partial charge in [0.05, 0.1) is 11.1 Å². The van der Waals surface area contributed by atoms with Crippen LogP contribution in [0.2, 0.25) is 0 Å². The van der Waals surface area contributed by atoms with Crippen LogP contribution >= 0.6 is 15.9 Å². The predicted octanol–water partition coefficient (Wildman–Crippen LogP) is 4.50. The Morgan fingerprint density at radius 3 is 2.38 bits per heavy atom. The van der Waals surface area contributed by atoms with Crippen molar-refractivity contribution >= 4 is 15.9 Å². The number of hydrogen-bond donors (Lipinski definition) is 1. The third-order valence-corrected chi connectivity index (χ3v) is 2.99. The van der Waals surface area contributed by atoms with E-state index in [1.807, 2.05) is 0 Å². The molecule has 3 nitrogen and oxygen atoms in total. The molecule has 1 rings (SSSR count). The van der Waals surface area contributed by atoms with Gasteiger partial charge in [-0.1, -0.05) is 0 Å². The van der Waals surface area contributed by atoms with Crippen molar-refractivity contribution in [2.45, 2.75) is 39.1 Å². The number of ether oxygens (including phenoxy) is 2. The molecule has 0 spiro atoms. The summed E-state index contributed by atoms with van der Waals surface area (Å²) in [6.07, 6.45) is -3.90. The van der Waals surface area contributed by atoms with Crippen LogP contribution < -0.4 is 14.8 Å². The number of benzene rings is 1. The van der Waals surface area contributed by atoms with Crippen molar-refractivity contribution in [2.24, 2.45) is 0 Å². The monoisotopic (exact) mass is 369 g/mol. The van der Waals surface area contributed by atoms with Crippen LogP contribution in [-0.4, -0.2) is 25.1 Å². The van der Waals surface area contributed by atoms with E-state index in [-0.39, 0.29) is 15.8 Å². The van der Waals surface area contributed by atoms with Crippen molar-refractivity contribution in [3.63, 3.8) is 0 Å². The summed E-state index contributed by atoms with van der Waals surface area (Å²) in [6, 6.07) is 4.13. The number of halogens is 4. The maximum Gasteiger partial charge on any atom is 0.573 e. The molecular weight excluding hydrogens is 351 g/mol. The summed E-state index contributed by atoms with van der Waals surface area (Å²) in [5.41, 5.74) is 0.0552. The summed E-state index contributed by atoms with van der Waals surface area (Å²) in [6.45, 7) is 7.51. The van der Waals surface area contributed by atoms with E-state index < -0.39 is 6.36 Å². The Labute approximate surface area is 130 Å². The molecule has 1 N–H and O–H groups in total. The zero-order chi connectivity index (χ0) is 16.1. The molecule has 0 amide bonds. The van der Waals surface area contributed by atoms with Crippen LogP contribution in [0.25, 0.3) is 0 Å². The van der Waals surface area contributed by atoms with Crippen molar-refractivity contribution in [1.82, 2.24) is 5.32 Å². The molecule has 0 aromatic heterocycles. The highest BCUT2D eigenvalue weighted by molar-refractivity contribution is 9.10. The lowest BCUT2D eigenvalue weighted by Gasteiger charge is -2.20. The van der Waals surface area contributed by atoms with Gasteiger partial charge in [0.25, 0.3) is 0 Å². The van der Waals surface area contributed by atoms with Crippen LogP contribution in [0, 0.1) is 0 Å². The fourth-order valence-electron chi connectivity index (χ4n) is 1.50. The minimum absolute atomic E-state index is 0.0552. The smallest absolute Gasteiger partial charge is 0.494 e. The van der Waals surface area contributed by atoms with Gasteiger partial charge in [0.1, 0.15) is 11.5 Å². The molecule has 120 valence electrons. The molecular formula is C14H19BrF3NO2. The summed E-state index contributed by atoms with van der Waals surface area (Å²) in [5.74, 6) is 0.205. The Bertz CT molecular complexity index is 459. The fourth-order valence-corrected chi connectivity index (χ4v) is 1.94. The van der Waals surface area contributed by atoms with E-state index in [1.54, 1.807) is 0 Å². The quantitative estimate of drug-likeness (QED) is 0.748. The van der Waals surface area contributed by atoms with E-state index in [2.05, 4.69) is 46.8 Å². The van der Waals surface area contributed by atoms with Gasteiger partial charge < -0.3 is 14.8 Å². The Balaban J connectivity index is 2.42. The lowest BCUT2D eigenvalue weighted by molar-refractivity contribution is -0.274. The summed E-state index contributed by atoms with van der Waals surface area (Å²) in [5, 5.41) is 3.32. The van der Waals surface area contributed by atoms with E-state index >= 15 is 0 Å². The zero-order valence-corrected chi connectivity index (χ0v) is 13.8. The summed E-state index contributed by atoms with van der Waals surface area (Å²) in [4.78, 5) is 0. The van der Waals surface area contributed by atoms with E-state index in [0.717, 1.165) is 13.0 Å². The Hall–Kier alpha value is -0.950. The minimum Gasteiger partial charge on any atom is -0.494 e. The highest BCUT2D eigenvalue weighted by Crippen LogP contribution is 2.33. The largest absolute Gasteiger partial charge is 0.573 e. The first-order chi connectivity index (χ1) is 9.57. The average molecular weight is 370 g/mol. The Kier molecular flexibility index (Phi) is 6.34. The highest BCUT2D eigenvalue weighted by Gasteiger charge is 2.31. The van der Waals surface area contributed by atoms with Gasteiger partial charge >= 0.3 is 6.36 Å². The van der Waals surface area contributed by atoms with Crippen molar-refractivity contribution in [2.75, 3.05) is 13.2 Å². The molecule has 1 aromatic carbocycles. The SMILES string of the molecule is CC(C)(C)NCCCOc1ccc(OC(F)(F)F)c(Br)c1. The zero-order valence-electron chi connectivity index (χ0n) is 12.2. The van der Waals surface area contributed by atoms with Crippen molar-refractivity contribution in [3.8, 4) is 11.5 Å². The third kappa shape index (κ3) is 8.16. The van der Waals surface area contributed by atoms with Gasteiger partial charge in [-0.25, -0.2) is 0 Å². The molecule has 0 radical (unpaired) electrons. The molecule has 0 fully saturated rings. The van der Waals surface area contributed by atoms with Gasteiger partial charge in [-0.15, -0.1) is 13.2 Å². The predicted molar refractivity (Wildman–Crippen MR) is 78.7 cm³/mol. The molecule has 0 aliphatic carbocycles. The molecule has 0 saturated carbocycles. The second kappa shape index (κ2) is 7.35. The van der Waals surface area contributed by atoms with E-state index in [1.165, 1.54) is 18.2 Å². The molecule has 7 heteroatoms. The Morgan fingerprint density at radius 1 is 1.19 bits per heavy atom. The van der Waals surface area contributed by atoms with Crippen molar-refractivity contribution in [1.29, 1.82) is 0 Å². The second-order valence-electron chi connectivity index (χ2n) is 5.52. The van der Waals surface area contributed by atoms with Crippen molar-refractivity contribution in [3.05, 3.63) is 22.7 Å². The third-order valence-electron chi connectivity index (χ3n) is 2.37. The molecule has 0 atom stereocenters. The average Bonchev–Trinajstić information content (AvgIpc) is 2.29. The Morgan fingerprint density at radius 2 is 1.86 bits per heavy atom. The molecule has 0 aliphatic rings. The number of alkyl halides is 3. The summed E-state index contributed by atoms with van der Waals surface area (Å²) in [7, 11) is 0. The van der Waals surface area contributed by atoms with E-state index in [0.29, 0.717) is 12.4 Å². The van der Waals surface area contributed by atoms with Gasteiger partial charge in [-0.2, -0.15) is 0 Å². The van der Waals surface area contributed by atoms with Crippen LogP contribution in [0.15, 0.2) is 22.7 Å². The highest BCUT2D eigenvalue weighted by atomic mass is 79.9. The number of nitrogens with one attached hydrogen (secondary N) is 1. The second-order valence-corrected chi connectivity index (χ2v) is 6.37. The van der Waals surface area contributed by atoms with Crippen LogP contribution in [0.5, 0.6) is 11.5 Å². The van der Waals surface area contributed by atoms with Crippen LogP contribution in [-0.2, 0) is 0 Å². The standard InChI is InChI=1S/C14H19BrF3NO2/c1-13(2,3)19-7-4-8-20-10-5-6-12(11(15)9-10)21-14(16,17)18/h5-6,9,19H,4,7-8H2,1-3H3. The van der Waals surface area contributed by atoms with Crippen LogP contribution in [0.4, 0.5) is 13.2 Å². The molecule has 0 heterocycles. The topological polar surface area (TPSA) is 30.5 Å². The maximum absolute atomic E-state index is 12.1. The van der Waals surface area contributed by atoms with Crippen LogP contribution in [0.1, 0.15) is 27.2 Å². The normalized spacial score (nSPS) is 12.3. The van der Waals surface area contributed by atoms with Gasteiger partial charge in [-0.3, -0.25) is 0 Å². The molecule has 0 saturated heterocycles. The van der Waals surface area contributed by atoms with Crippen molar-refractivity contribution < 1.29 is 22.6 Å². The lowest BCUT2D eigenvalue weighted by Crippen LogP contribution is -2.36. The maximum atomic E-state index is 12.1. The van der Waals surface area contributed by atoms with E-state index in [9.17, 15) is 13.2 Å². The first kappa shape index (κ1) is 18.1. The molecule has 21 heavy (non-hydrogen) atoms. The first-order valence-electron chi connectivity index (χ1n) is 6.50. The summed E-state index contributed by atoms with van der Waals surface area (Å²) < 4.78 is 45.9. The minimum atomic E-state index is -4.70. The summed E-state index contributed by atoms with van der Waals surface area (Å²) >= 11 is 3.03. The van der Waals surface area contributed by atoms with Gasteiger partial charge in [0.15, 0.2) is 0 Å². The lowest BCUT2D eigenvalue weighted by atomic mass is 10.1. The molecule has 0 unspecified atom stereocenters. The van der Waals surface area contributed by atoms with Gasteiger partial charge in [0.2, 0.25) is 0 Å². The molecule has 1 aromatic rings. The van der Waals surface area contributed by atoms with Gasteiger partial charge in [0, 0.05) is 5.54 Å².